The third-order valence-electron chi connectivity index (χ3n) is 9.12. The first kappa shape index (κ1) is 33.6. The molecular weight excluding hydrogens is 893 g/mol. The first-order valence-electron chi connectivity index (χ1n) is 19.1. The summed E-state index contributed by atoms with van der Waals surface area (Å²) in [5.41, 5.74) is 8.62. The van der Waals surface area contributed by atoms with Crippen LogP contribution in [-0.4, -0.2) is 31.3 Å². The van der Waals surface area contributed by atoms with Crippen LogP contribution >= 0.6 is 11.3 Å². The number of aromatic nitrogens is 2. The van der Waals surface area contributed by atoms with Crippen LogP contribution in [0.15, 0.2) is 103 Å². The first-order valence-corrected chi connectivity index (χ1v) is 28.8. The number of nitrogens with zero attached hydrogens (tertiary/aromatic N) is 2. The number of benzene rings is 4. The number of pyridine rings is 2. The van der Waals surface area contributed by atoms with E-state index >= 15 is 0 Å². The van der Waals surface area contributed by atoms with Crippen molar-refractivity contribution < 1.29 is 25.6 Å². The molecule has 0 spiro atoms. The Bertz CT molecular complexity index is 2440. The number of rotatable bonds is 6. The zero-order chi connectivity index (χ0) is 39.2. The van der Waals surface area contributed by atoms with Gasteiger partial charge in [0.1, 0.15) is 0 Å². The molecule has 0 saturated carbocycles. The molecule has 0 atom stereocenters. The van der Waals surface area contributed by atoms with Gasteiger partial charge in [-0.3, -0.25) is 0 Å². The predicted molar refractivity (Wildman–Crippen MR) is 225 cm³/mol. The van der Waals surface area contributed by atoms with Gasteiger partial charge in [-0.15, -0.1) is 23.8 Å². The zero-order valence-corrected chi connectivity index (χ0v) is 37.3. The van der Waals surface area contributed by atoms with E-state index in [0.29, 0.717) is 5.56 Å². The fourth-order valence-electron chi connectivity index (χ4n) is 6.22. The van der Waals surface area contributed by atoms with Gasteiger partial charge in [0.15, 0.2) is 0 Å². The Labute approximate surface area is 332 Å². The van der Waals surface area contributed by atoms with E-state index in [1.54, 1.807) is 23.5 Å². The molecule has 0 unspecified atom stereocenters. The van der Waals surface area contributed by atoms with Crippen molar-refractivity contribution in [3.63, 3.8) is 0 Å². The fraction of sp³-hybridized carbons (Fsp3) is 0.244. The maximum absolute atomic E-state index is 8.40. The third kappa shape index (κ3) is 8.89. The van der Waals surface area contributed by atoms with Gasteiger partial charge < -0.3 is 4.98 Å². The van der Waals surface area contributed by atoms with Gasteiger partial charge in [-0.25, -0.2) is 0 Å². The molecule has 7 aromatic rings. The summed E-state index contributed by atoms with van der Waals surface area (Å²) in [7, 11) is -1.30. The molecule has 3 aromatic heterocycles. The SMILES string of the molecule is [2H]C(C)(C)c1ccnc(-c2[c-]ccc3c2sc2cc(-c4ccc([Si](C)(C)C)cc4)ccc23)c1.[2H]C([2H])([2H])c1c[c-]c(-c2cc(C)[c]([Ge]([CH3])([CH3])[CH3])cn2)cc1.[Ir]. The molecule has 4 aromatic carbocycles. The molecule has 3 heterocycles. The molecule has 1 radical (unpaired) electrons. The molecule has 0 bridgehead atoms. The summed E-state index contributed by atoms with van der Waals surface area (Å²) < 4.78 is 34.4. The van der Waals surface area contributed by atoms with Crippen molar-refractivity contribution in [2.75, 3.05) is 0 Å². The normalized spacial score (nSPS) is 13.4. The molecule has 0 aliphatic rings. The summed E-state index contributed by atoms with van der Waals surface area (Å²) in [6, 6.07) is 37.5. The summed E-state index contributed by atoms with van der Waals surface area (Å²) in [6.07, 6.45) is 3.79. The van der Waals surface area contributed by atoms with Gasteiger partial charge in [0.25, 0.3) is 0 Å². The molecular formula is C45H48GeIrN2SSi-2. The van der Waals surface area contributed by atoms with E-state index < -0.39 is 34.1 Å². The van der Waals surface area contributed by atoms with Crippen LogP contribution in [0.4, 0.5) is 0 Å². The average Bonchev–Trinajstić information content (AvgIpc) is 3.49. The van der Waals surface area contributed by atoms with E-state index in [0.717, 1.165) is 28.1 Å². The summed E-state index contributed by atoms with van der Waals surface area (Å²) in [5.74, 6) is 6.38. The van der Waals surface area contributed by atoms with Crippen LogP contribution in [0.1, 0.15) is 41.9 Å². The molecule has 7 rings (SSSR count). The summed E-state index contributed by atoms with van der Waals surface area (Å²) in [6.45, 7) is 11.0. The van der Waals surface area contributed by atoms with E-state index in [1.165, 1.54) is 52.5 Å². The smallest absolute Gasteiger partial charge is 0 e. The van der Waals surface area contributed by atoms with Crippen molar-refractivity contribution in [2.45, 2.75) is 70.4 Å². The fourth-order valence-corrected chi connectivity index (χ4v) is 12.2. The molecule has 2 nitrogen and oxygen atoms in total. The molecule has 0 saturated heterocycles. The minimum atomic E-state index is -2.08. The van der Waals surface area contributed by atoms with Crippen molar-refractivity contribution in [2.24, 2.45) is 0 Å². The first-order chi connectivity index (χ1) is 25.2. The minimum absolute atomic E-state index is 0. The number of thiophene rings is 1. The van der Waals surface area contributed by atoms with Crippen LogP contribution in [0.25, 0.3) is 53.8 Å². The molecule has 0 fully saturated rings. The maximum Gasteiger partial charge on any atom is 0 e. The van der Waals surface area contributed by atoms with Gasteiger partial charge >= 0.3 is 117 Å². The Hall–Kier alpha value is -3.19. The molecule has 263 valence electrons. The molecule has 51 heavy (non-hydrogen) atoms. The van der Waals surface area contributed by atoms with Gasteiger partial charge in [-0.05, 0) is 44.9 Å². The number of fused-ring (bicyclic) bond motifs is 3. The maximum atomic E-state index is 8.40. The van der Waals surface area contributed by atoms with Crippen molar-refractivity contribution in [3.8, 4) is 33.6 Å². The van der Waals surface area contributed by atoms with E-state index in [-0.39, 0.29) is 20.1 Å². The van der Waals surface area contributed by atoms with Crippen LogP contribution in [0.5, 0.6) is 0 Å². The number of hydrogen-bond acceptors (Lipinski definition) is 3. The quantitative estimate of drug-likeness (QED) is 0.123. The standard InChI is InChI=1S/C29H28NSSi.C16H20GeN.Ir/c1-19(2)21-15-16-30-27(17-21)26-8-6-7-25-24-14-11-22(18-28(24)31-29(25)26)20-9-12-23(13-10-20)32(3,4)5;1-12-6-8-14(9-7-12)16-10-13(2)15(11-18-16)17(3,4)5;/h6-7,9-19H,1-5H3;6-8,10-11H,1-5H3;/q2*-1;/i19D;1D3;. The van der Waals surface area contributed by atoms with Gasteiger partial charge in [0.05, 0.1) is 8.07 Å². The van der Waals surface area contributed by atoms with Crippen LogP contribution < -0.4 is 9.58 Å². The van der Waals surface area contributed by atoms with Gasteiger partial charge in [-0.2, -0.15) is 11.3 Å². The molecule has 6 heteroatoms. The average molecular weight is 946 g/mol. The molecule has 0 aliphatic heterocycles. The van der Waals surface area contributed by atoms with E-state index in [2.05, 4.69) is 121 Å². The van der Waals surface area contributed by atoms with Crippen molar-refractivity contribution >= 4 is 62.4 Å². The van der Waals surface area contributed by atoms with E-state index in [1.807, 2.05) is 44.4 Å². The Balaban J connectivity index is 0.000000229. The van der Waals surface area contributed by atoms with Crippen molar-refractivity contribution in [1.82, 2.24) is 9.97 Å². The summed E-state index contributed by atoms with van der Waals surface area (Å²) in [4.78, 5) is 9.18. The molecule has 0 amide bonds. The van der Waals surface area contributed by atoms with E-state index in [9.17, 15) is 0 Å². The van der Waals surface area contributed by atoms with Crippen LogP contribution in [0.3, 0.4) is 0 Å². The van der Waals surface area contributed by atoms with E-state index in [4.69, 9.17) is 5.48 Å². The Morgan fingerprint density at radius 3 is 2.20 bits per heavy atom. The monoisotopic (exact) mass is 947 g/mol. The van der Waals surface area contributed by atoms with Crippen molar-refractivity contribution in [1.29, 1.82) is 0 Å². The number of hydrogen-bond donors (Lipinski definition) is 0. The Morgan fingerprint density at radius 1 is 0.824 bits per heavy atom. The molecule has 0 N–H and O–H groups in total. The second-order valence-electron chi connectivity index (χ2n) is 15.3. The van der Waals surface area contributed by atoms with Gasteiger partial charge in [0.2, 0.25) is 0 Å². The second-order valence-corrected chi connectivity index (χ2v) is 32.0. The van der Waals surface area contributed by atoms with Crippen molar-refractivity contribution in [3.05, 3.63) is 132 Å². The molecule has 0 aliphatic carbocycles. The van der Waals surface area contributed by atoms with Gasteiger partial charge in [-0.1, -0.05) is 92.1 Å². The zero-order valence-electron chi connectivity index (χ0n) is 35.0. The largest absolute Gasteiger partial charge is 0 e. The van der Waals surface area contributed by atoms with Crippen LogP contribution in [0.2, 0.25) is 36.9 Å². The second kappa shape index (κ2) is 15.8. The van der Waals surface area contributed by atoms with Crippen LogP contribution in [-0.2, 0) is 20.1 Å². The summed E-state index contributed by atoms with van der Waals surface area (Å²) in [5, 5.41) is 3.99. The van der Waals surface area contributed by atoms with Crippen LogP contribution in [0, 0.1) is 25.9 Å². The Kier molecular flexibility index (Phi) is 10.4. The minimum Gasteiger partial charge on any atom is 0 e. The number of aryl methyl sites for hydroxylation is 2. The predicted octanol–water partition coefficient (Wildman–Crippen LogP) is 12.0. The third-order valence-corrected chi connectivity index (χ3v) is 16.9. The Morgan fingerprint density at radius 2 is 1.57 bits per heavy atom. The topological polar surface area (TPSA) is 25.8 Å². The summed E-state index contributed by atoms with van der Waals surface area (Å²) >= 11 is -0.0861. The van der Waals surface area contributed by atoms with Gasteiger partial charge in [0, 0.05) is 32.4 Å².